The van der Waals surface area contributed by atoms with E-state index in [0.717, 1.165) is 0 Å². The minimum absolute atomic E-state index is 0.0278. The summed E-state index contributed by atoms with van der Waals surface area (Å²) in [6.07, 6.45) is -9.58. The van der Waals surface area contributed by atoms with Crippen molar-refractivity contribution in [1.29, 1.82) is 0 Å². The third kappa shape index (κ3) is 4.00. The Balaban J connectivity index is 4.70. The van der Waals surface area contributed by atoms with Crippen LogP contribution in [0, 0.1) is 0 Å². The Morgan fingerprint density at radius 3 is 1.62 bits per heavy atom. The summed E-state index contributed by atoms with van der Waals surface area (Å²) in [6.45, 7) is 3.03. The van der Waals surface area contributed by atoms with Crippen molar-refractivity contribution in [3.63, 3.8) is 0 Å². The minimum atomic E-state index is -4.81. The predicted octanol–water partition coefficient (Wildman–Crippen LogP) is 3.61. The van der Waals surface area contributed by atoms with Crippen molar-refractivity contribution >= 4 is 0 Å². The second-order valence-corrected chi connectivity index (χ2v) is 2.35. The van der Waals surface area contributed by atoms with E-state index in [2.05, 4.69) is 6.58 Å². The molecule has 0 heterocycles. The first-order valence-corrected chi connectivity index (χ1v) is 3.06. The summed E-state index contributed by atoms with van der Waals surface area (Å²) in [5.41, 5.74) is -2.84. The molecule has 76 valence electrons. The molecule has 0 saturated carbocycles. The highest BCUT2D eigenvalue weighted by Gasteiger charge is 2.35. The van der Waals surface area contributed by atoms with Gasteiger partial charge in [-0.05, 0) is 13.0 Å². The van der Waals surface area contributed by atoms with Crippen LogP contribution in [0.4, 0.5) is 26.3 Å². The quantitative estimate of drug-likeness (QED) is 0.452. The lowest BCUT2D eigenvalue weighted by Gasteiger charge is -2.09. The molecule has 0 fully saturated rings. The fourth-order valence-corrected chi connectivity index (χ4v) is 0.425. The van der Waals surface area contributed by atoms with Crippen LogP contribution in [0.15, 0.2) is 23.8 Å². The lowest BCUT2D eigenvalue weighted by atomic mass is 10.2. The monoisotopic (exact) mass is 204 g/mol. The molecule has 0 aliphatic rings. The number of alkyl halides is 6. The van der Waals surface area contributed by atoms with Crippen molar-refractivity contribution in [1.82, 2.24) is 0 Å². The van der Waals surface area contributed by atoms with Gasteiger partial charge in [0.15, 0.2) is 0 Å². The fourth-order valence-electron chi connectivity index (χ4n) is 0.425. The Hall–Kier alpha value is -0.940. The molecule has 0 atom stereocenters. The van der Waals surface area contributed by atoms with E-state index in [1.54, 1.807) is 0 Å². The van der Waals surface area contributed by atoms with E-state index >= 15 is 0 Å². The molecule has 0 amide bonds. The summed E-state index contributed by atoms with van der Waals surface area (Å²) in [6, 6.07) is 0. The number of rotatable bonds is 1. The van der Waals surface area contributed by atoms with Crippen molar-refractivity contribution in [2.24, 2.45) is 0 Å². The highest BCUT2D eigenvalue weighted by atomic mass is 19.4. The third-order valence-electron chi connectivity index (χ3n) is 1.20. The van der Waals surface area contributed by atoms with Crippen LogP contribution in [0.25, 0.3) is 0 Å². The van der Waals surface area contributed by atoms with Gasteiger partial charge in [0.25, 0.3) is 0 Å². The van der Waals surface area contributed by atoms with E-state index in [1.165, 1.54) is 0 Å². The molecule has 0 unspecified atom stereocenters. The first kappa shape index (κ1) is 12.1. The van der Waals surface area contributed by atoms with Crippen molar-refractivity contribution in [3.05, 3.63) is 23.8 Å². The van der Waals surface area contributed by atoms with Gasteiger partial charge < -0.3 is 0 Å². The van der Waals surface area contributed by atoms with Crippen molar-refractivity contribution < 1.29 is 26.3 Å². The molecular weight excluding hydrogens is 198 g/mol. The van der Waals surface area contributed by atoms with Crippen molar-refractivity contribution in [2.75, 3.05) is 0 Å². The second-order valence-electron chi connectivity index (χ2n) is 2.35. The maximum atomic E-state index is 11.7. The minimum Gasteiger partial charge on any atom is -0.166 e. The maximum absolute atomic E-state index is 11.7. The molecule has 0 aliphatic heterocycles. The van der Waals surface area contributed by atoms with Crippen molar-refractivity contribution in [3.8, 4) is 0 Å². The summed E-state index contributed by atoms with van der Waals surface area (Å²) in [5.74, 6) is 0. The van der Waals surface area contributed by atoms with Gasteiger partial charge in [0.1, 0.15) is 0 Å². The summed E-state index contributed by atoms with van der Waals surface area (Å²) in [5, 5.41) is 0. The van der Waals surface area contributed by atoms with Crippen LogP contribution < -0.4 is 0 Å². The highest BCUT2D eigenvalue weighted by molar-refractivity contribution is 5.25. The lowest BCUT2D eigenvalue weighted by Crippen LogP contribution is -2.13. The Morgan fingerprint density at radius 2 is 1.38 bits per heavy atom. The molecule has 0 aromatic heterocycles. The van der Waals surface area contributed by atoms with Crippen LogP contribution in [0.2, 0.25) is 0 Å². The molecule has 0 aliphatic carbocycles. The van der Waals surface area contributed by atoms with E-state index in [0.29, 0.717) is 6.92 Å². The van der Waals surface area contributed by atoms with Crippen molar-refractivity contribution in [2.45, 2.75) is 19.3 Å². The Morgan fingerprint density at radius 1 is 1.00 bits per heavy atom. The standard InChI is InChI=1S/C7H6F6/c1-4(6(8,9)10)3-5(2)7(11,12)13/h3H,1H2,2H3. The van der Waals surface area contributed by atoms with Crippen LogP contribution in [0.1, 0.15) is 6.92 Å². The van der Waals surface area contributed by atoms with Gasteiger partial charge in [-0.3, -0.25) is 0 Å². The zero-order chi connectivity index (χ0) is 10.9. The van der Waals surface area contributed by atoms with Gasteiger partial charge in [0.2, 0.25) is 0 Å². The van der Waals surface area contributed by atoms with Gasteiger partial charge in [0, 0.05) is 11.1 Å². The zero-order valence-electron chi connectivity index (χ0n) is 6.55. The molecule has 0 saturated heterocycles. The van der Waals surface area contributed by atoms with Gasteiger partial charge in [-0.2, -0.15) is 26.3 Å². The van der Waals surface area contributed by atoms with Crippen LogP contribution in [0.3, 0.4) is 0 Å². The first-order valence-electron chi connectivity index (χ1n) is 3.06. The SMILES string of the molecule is C=C(C=C(C)C(F)(F)F)C(F)(F)F. The van der Waals surface area contributed by atoms with E-state index in [9.17, 15) is 26.3 Å². The van der Waals surface area contributed by atoms with Gasteiger partial charge in [-0.25, -0.2) is 0 Å². The van der Waals surface area contributed by atoms with Crippen LogP contribution >= 0.6 is 0 Å². The molecule has 0 N–H and O–H groups in total. The summed E-state index contributed by atoms with van der Waals surface area (Å²) >= 11 is 0. The average molecular weight is 204 g/mol. The fraction of sp³-hybridized carbons (Fsp3) is 0.429. The maximum Gasteiger partial charge on any atom is 0.415 e. The highest BCUT2D eigenvalue weighted by Crippen LogP contribution is 2.30. The predicted molar refractivity (Wildman–Crippen MR) is 35.0 cm³/mol. The topological polar surface area (TPSA) is 0 Å². The molecule has 13 heavy (non-hydrogen) atoms. The summed E-state index contributed by atoms with van der Waals surface area (Å²) in [7, 11) is 0. The number of allylic oxidation sites excluding steroid dienone is 3. The Labute approximate surface area is 70.5 Å². The van der Waals surface area contributed by atoms with E-state index < -0.39 is 23.5 Å². The second kappa shape index (κ2) is 3.43. The number of hydrogen-bond acceptors (Lipinski definition) is 0. The largest absolute Gasteiger partial charge is 0.415 e. The van der Waals surface area contributed by atoms with Gasteiger partial charge >= 0.3 is 12.4 Å². The normalized spacial score (nSPS) is 14.5. The van der Waals surface area contributed by atoms with E-state index in [1.807, 2.05) is 0 Å². The summed E-state index contributed by atoms with van der Waals surface area (Å²) in [4.78, 5) is 0. The molecule has 0 aromatic rings. The smallest absolute Gasteiger partial charge is 0.166 e. The average Bonchev–Trinajstić information content (AvgIpc) is 1.82. The molecule has 0 rings (SSSR count). The Bertz CT molecular complexity index is 228. The van der Waals surface area contributed by atoms with Gasteiger partial charge in [0.05, 0.1) is 0 Å². The Kier molecular flexibility index (Phi) is 3.18. The molecule has 0 spiro atoms. The molecular formula is C7H6F6. The van der Waals surface area contributed by atoms with Gasteiger partial charge in [-0.1, -0.05) is 6.58 Å². The first-order chi connectivity index (χ1) is 5.55. The van der Waals surface area contributed by atoms with E-state index in [4.69, 9.17) is 0 Å². The summed E-state index contributed by atoms with van der Waals surface area (Å²) < 4.78 is 70.2. The molecule has 0 nitrogen and oxygen atoms in total. The van der Waals surface area contributed by atoms with Crippen LogP contribution in [-0.4, -0.2) is 12.4 Å². The molecule has 0 bridgehead atoms. The third-order valence-corrected chi connectivity index (χ3v) is 1.20. The molecule has 0 aromatic carbocycles. The van der Waals surface area contributed by atoms with Crippen LogP contribution in [-0.2, 0) is 0 Å². The number of halogens is 6. The van der Waals surface area contributed by atoms with Gasteiger partial charge in [-0.15, -0.1) is 0 Å². The van der Waals surface area contributed by atoms with E-state index in [-0.39, 0.29) is 6.08 Å². The number of hydrogen-bond donors (Lipinski definition) is 0. The molecule has 0 radical (unpaired) electrons. The van der Waals surface area contributed by atoms with Crippen LogP contribution in [0.5, 0.6) is 0 Å². The lowest BCUT2D eigenvalue weighted by molar-refractivity contribution is -0.0952. The molecule has 6 heteroatoms. The zero-order valence-corrected chi connectivity index (χ0v) is 6.55.